The average molecular weight is 589 g/mol. The lowest BCUT2D eigenvalue weighted by Gasteiger charge is -2.07. The van der Waals surface area contributed by atoms with Crippen LogP contribution in [0.3, 0.4) is 0 Å². The maximum Gasteiger partial charge on any atom is 0.274 e. The molecule has 0 bridgehead atoms. The third kappa shape index (κ3) is 16.4. The summed E-state index contributed by atoms with van der Waals surface area (Å²) in [5.74, 6) is -1.30. The molecular formula is C30H44N4O8. The quantitative estimate of drug-likeness (QED) is 0.0966. The predicted octanol–water partition coefficient (Wildman–Crippen LogP) is 4.06. The molecular weight excluding hydrogens is 544 g/mol. The molecule has 0 unspecified atom stereocenters. The fourth-order valence-electron chi connectivity index (χ4n) is 3.95. The van der Waals surface area contributed by atoms with Crippen molar-refractivity contribution in [2.24, 2.45) is 0 Å². The van der Waals surface area contributed by atoms with E-state index >= 15 is 0 Å². The maximum absolute atomic E-state index is 11.8. The summed E-state index contributed by atoms with van der Waals surface area (Å²) in [4.78, 5) is 55.4. The highest BCUT2D eigenvalue weighted by molar-refractivity contribution is 5.94. The van der Waals surface area contributed by atoms with Crippen molar-refractivity contribution in [2.45, 2.75) is 79.1 Å². The van der Waals surface area contributed by atoms with E-state index in [1.165, 1.54) is 0 Å². The number of hydrogen-bond acceptors (Lipinski definition) is 8. The van der Waals surface area contributed by atoms with Gasteiger partial charge in [0.1, 0.15) is 0 Å². The van der Waals surface area contributed by atoms with Gasteiger partial charge in [-0.15, -0.1) is 0 Å². The molecule has 0 aromatic heterocycles. The number of carbonyl (C=O) groups is 4. The Balaban J connectivity index is 0.000000420. The lowest BCUT2D eigenvalue weighted by atomic mass is 10.1. The third-order valence-electron chi connectivity index (χ3n) is 5.85. The number of nitrogens with one attached hydrogen (secondary N) is 4. The predicted molar refractivity (Wildman–Crippen MR) is 155 cm³/mol. The second kappa shape index (κ2) is 20.9. The van der Waals surface area contributed by atoms with Crippen molar-refractivity contribution in [3.05, 3.63) is 69.8 Å². The number of hydroxylamine groups is 4. The van der Waals surface area contributed by atoms with Crippen LogP contribution in [0.1, 0.15) is 94.3 Å². The Hall–Kier alpha value is -3.84. The summed E-state index contributed by atoms with van der Waals surface area (Å²) in [6.45, 7) is 8.52. The van der Waals surface area contributed by atoms with Crippen LogP contribution in [0, 0.1) is 27.7 Å². The Morgan fingerprint density at radius 3 is 1.19 bits per heavy atom. The summed E-state index contributed by atoms with van der Waals surface area (Å²) >= 11 is 0. The first-order chi connectivity index (χ1) is 20.0. The fraction of sp³-hybridized carbons (Fsp3) is 0.467. The minimum atomic E-state index is -0.390. The Morgan fingerprint density at radius 1 is 0.548 bits per heavy atom. The summed E-state index contributed by atoms with van der Waals surface area (Å²) in [6.07, 6.45) is 4.93. The molecule has 12 nitrogen and oxygen atoms in total. The van der Waals surface area contributed by atoms with Crippen LogP contribution in [-0.2, 0) is 19.3 Å². The van der Waals surface area contributed by atoms with Crippen LogP contribution in [0.2, 0.25) is 0 Å². The number of rotatable bonds is 16. The van der Waals surface area contributed by atoms with Gasteiger partial charge in [-0.25, -0.2) is 21.9 Å². The van der Waals surface area contributed by atoms with E-state index in [9.17, 15) is 19.2 Å². The zero-order valence-corrected chi connectivity index (χ0v) is 24.9. The highest BCUT2D eigenvalue weighted by atomic mass is 16.7. The zero-order chi connectivity index (χ0) is 31.3. The highest BCUT2D eigenvalue weighted by Gasteiger charge is 2.08. The minimum absolute atomic E-state index is 0.263. The van der Waals surface area contributed by atoms with Crippen molar-refractivity contribution < 1.29 is 39.3 Å². The van der Waals surface area contributed by atoms with Gasteiger partial charge >= 0.3 is 0 Å². The first-order valence-electron chi connectivity index (χ1n) is 13.9. The Morgan fingerprint density at radius 2 is 0.881 bits per heavy atom. The monoisotopic (exact) mass is 588 g/mol. The summed E-state index contributed by atoms with van der Waals surface area (Å²) in [6, 6.07) is 11.2. The average Bonchev–Trinajstić information content (AvgIpc) is 2.94. The van der Waals surface area contributed by atoms with E-state index in [0.29, 0.717) is 37.2 Å². The van der Waals surface area contributed by atoms with Gasteiger partial charge in [0.2, 0.25) is 11.8 Å². The molecule has 12 heteroatoms. The molecule has 0 saturated carbocycles. The normalized spacial score (nSPS) is 10.2. The van der Waals surface area contributed by atoms with Crippen LogP contribution in [0.25, 0.3) is 0 Å². The maximum atomic E-state index is 11.8. The number of carbonyl (C=O) groups excluding carboxylic acids is 4. The second-order valence-electron chi connectivity index (χ2n) is 10.0. The van der Waals surface area contributed by atoms with Gasteiger partial charge in [0.15, 0.2) is 0 Å². The second-order valence-corrected chi connectivity index (χ2v) is 10.0. The Labute approximate surface area is 247 Å². The van der Waals surface area contributed by atoms with E-state index in [2.05, 4.69) is 11.0 Å². The van der Waals surface area contributed by atoms with Crippen LogP contribution in [-0.4, -0.2) is 47.3 Å². The first kappa shape index (κ1) is 36.2. The van der Waals surface area contributed by atoms with Gasteiger partial charge in [0.25, 0.3) is 11.8 Å². The molecule has 0 heterocycles. The van der Waals surface area contributed by atoms with Crippen molar-refractivity contribution in [1.29, 1.82) is 0 Å². The zero-order valence-electron chi connectivity index (χ0n) is 24.9. The van der Waals surface area contributed by atoms with Gasteiger partial charge in [-0.05, 0) is 77.6 Å². The summed E-state index contributed by atoms with van der Waals surface area (Å²) in [7, 11) is 0. The number of hydrogen-bond donors (Lipinski definition) is 6. The van der Waals surface area contributed by atoms with Crippen LogP contribution in [0.15, 0.2) is 36.4 Å². The molecule has 2 aromatic carbocycles. The lowest BCUT2D eigenvalue weighted by Crippen LogP contribution is -2.24. The third-order valence-corrected chi connectivity index (χ3v) is 5.85. The number of aryl methyl sites for hydroxylation is 4. The Bertz CT molecular complexity index is 1030. The fourth-order valence-corrected chi connectivity index (χ4v) is 3.95. The van der Waals surface area contributed by atoms with Crippen LogP contribution in [0.5, 0.6) is 0 Å². The number of amides is 4. The topological polar surface area (TPSA) is 175 Å². The van der Waals surface area contributed by atoms with Gasteiger partial charge in [-0.2, -0.15) is 0 Å². The van der Waals surface area contributed by atoms with Gasteiger partial charge in [0, 0.05) is 24.0 Å². The summed E-state index contributed by atoms with van der Waals surface area (Å²) in [5.41, 5.74) is 13.2. The molecule has 0 saturated heterocycles. The van der Waals surface area contributed by atoms with Gasteiger partial charge in [0.05, 0.1) is 13.2 Å². The van der Waals surface area contributed by atoms with E-state index in [0.717, 1.165) is 47.9 Å². The van der Waals surface area contributed by atoms with E-state index in [-0.39, 0.29) is 36.5 Å². The molecule has 0 fully saturated rings. The van der Waals surface area contributed by atoms with Crippen molar-refractivity contribution in [1.82, 2.24) is 21.9 Å². The number of unbranched alkanes of at least 4 members (excludes halogenated alkanes) is 4. The van der Waals surface area contributed by atoms with E-state index in [4.69, 9.17) is 20.1 Å². The molecule has 6 N–H and O–H groups in total. The SMILES string of the molecule is Cc1cc(C)cc(C(=O)NOCCCCCC(=O)NO)c1.Cc1cc(C)cc(C(=O)NOCCCCCC(=O)NO)c1. The molecule has 0 atom stereocenters. The van der Waals surface area contributed by atoms with Crippen molar-refractivity contribution >= 4 is 23.6 Å². The van der Waals surface area contributed by atoms with E-state index in [1.54, 1.807) is 35.2 Å². The lowest BCUT2D eigenvalue weighted by molar-refractivity contribution is -0.130. The Kier molecular flexibility index (Phi) is 18.0. The smallest absolute Gasteiger partial charge is 0.274 e. The molecule has 0 spiro atoms. The molecule has 4 amide bonds. The van der Waals surface area contributed by atoms with Crippen LogP contribution >= 0.6 is 0 Å². The van der Waals surface area contributed by atoms with Gasteiger partial charge in [-0.1, -0.05) is 47.2 Å². The first-order valence-corrected chi connectivity index (χ1v) is 13.9. The molecule has 0 aliphatic carbocycles. The molecule has 2 rings (SSSR count). The minimum Gasteiger partial charge on any atom is -0.289 e. The molecule has 2 aromatic rings. The van der Waals surface area contributed by atoms with Gasteiger partial charge in [-0.3, -0.25) is 39.3 Å². The van der Waals surface area contributed by atoms with Crippen LogP contribution in [0.4, 0.5) is 0 Å². The largest absolute Gasteiger partial charge is 0.289 e. The van der Waals surface area contributed by atoms with Gasteiger partial charge < -0.3 is 0 Å². The van der Waals surface area contributed by atoms with Crippen molar-refractivity contribution in [3.8, 4) is 0 Å². The molecule has 232 valence electrons. The van der Waals surface area contributed by atoms with Crippen molar-refractivity contribution in [3.63, 3.8) is 0 Å². The summed E-state index contributed by atoms with van der Waals surface area (Å²) in [5, 5.41) is 16.6. The van der Waals surface area contributed by atoms with Crippen LogP contribution < -0.4 is 21.9 Å². The van der Waals surface area contributed by atoms with E-state index in [1.807, 2.05) is 39.8 Å². The molecule has 0 radical (unpaired) electrons. The standard InChI is InChI=1S/2C15H22N2O4/c2*1-11-8-12(2)10-13(9-11)15(19)17-21-7-5-3-4-6-14(18)16-20/h2*8-10,20H,3-7H2,1-2H3,(H,16,18)(H,17,19). The molecule has 0 aliphatic rings. The molecule has 0 aliphatic heterocycles. The van der Waals surface area contributed by atoms with Crippen molar-refractivity contribution in [2.75, 3.05) is 13.2 Å². The number of benzene rings is 2. The van der Waals surface area contributed by atoms with E-state index < -0.39 is 0 Å². The summed E-state index contributed by atoms with van der Waals surface area (Å²) < 4.78 is 0. The molecule has 42 heavy (non-hydrogen) atoms. The highest BCUT2D eigenvalue weighted by Crippen LogP contribution is 2.10.